The minimum Gasteiger partial charge on any atom is -0.465 e. The van der Waals surface area contributed by atoms with Crippen molar-refractivity contribution in [2.75, 3.05) is 19.8 Å². The molecule has 0 radical (unpaired) electrons. The SMILES string of the molecule is C=CCCCCOC(=O)[C@@H]1[C@@H]2CCC3(S2)C(C(=O)N(CC=C)C2CCCCC2)N([C@@H](CO)Cc2ccccc2)C(=O)[C@H]13. The Balaban J connectivity index is 1.49. The molecule has 2 unspecified atom stereocenters. The number of hydrogen-bond acceptors (Lipinski definition) is 6. The summed E-state index contributed by atoms with van der Waals surface area (Å²) in [6.45, 7) is 8.19. The van der Waals surface area contributed by atoms with Crippen LogP contribution in [0.25, 0.3) is 0 Å². The van der Waals surface area contributed by atoms with Crippen molar-refractivity contribution in [2.45, 2.75) is 98.8 Å². The van der Waals surface area contributed by atoms with E-state index in [4.69, 9.17) is 4.74 Å². The number of ether oxygens (including phenoxy) is 1. The molecule has 4 fully saturated rings. The molecule has 1 N–H and O–H groups in total. The topological polar surface area (TPSA) is 87.2 Å². The van der Waals surface area contributed by atoms with E-state index < -0.39 is 28.7 Å². The highest BCUT2D eigenvalue weighted by Gasteiger charge is 2.75. The van der Waals surface area contributed by atoms with Gasteiger partial charge in [0, 0.05) is 17.8 Å². The van der Waals surface area contributed by atoms with Crippen molar-refractivity contribution in [3.63, 3.8) is 0 Å². The van der Waals surface area contributed by atoms with Crippen molar-refractivity contribution in [3.05, 3.63) is 61.2 Å². The molecule has 2 amide bonds. The Hall–Kier alpha value is -2.58. The van der Waals surface area contributed by atoms with Gasteiger partial charge in [0.05, 0.1) is 35.8 Å². The zero-order valence-corrected chi connectivity index (χ0v) is 25.5. The number of aliphatic hydroxyl groups excluding tert-OH is 1. The molecule has 2 bridgehead atoms. The molecular weight excluding hydrogens is 548 g/mol. The quantitative estimate of drug-likeness (QED) is 0.187. The first-order valence-corrected chi connectivity index (χ1v) is 16.7. The number of carbonyl (C=O) groups excluding carboxylic acids is 3. The maximum atomic E-state index is 14.8. The molecule has 1 saturated carbocycles. The van der Waals surface area contributed by atoms with E-state index in [1.54, 1.807) is 22.7 Å². The van der Waals surface area contributed by atoms with E-state index in [-0.39, 0.29) is 35.7 Å². The predicted molar refractivity (Wildman–Crippen MR) is 166 cm³/mol. The fraction of sp³-hybridized carbons (Fsp3) is 0.618. The summed E-state index contributed by atoms with van der Waals surface area (Å²) in [5.74, 6) is -1.77. The molecule has 3 aliphatic heterocycles. The Morgan fingerprint density at radius 1 is 1.12 bits per heavy atom. The number of unbranched alkanes of at least 4 members (excludes halogenated alkanes) is 2. The van der Waals surface area contributed by atoms with E-state index in [1.165, 1.54) is 6.42 Å². The fourth-order valence-corrected chi connectivity index (χ4v) is 10.1. The molecule has 1 aromatic carbocycles. The minimum absolute atomic E-state index is 0.0405. The second-order valence-corrected chi connectivity index (χ2v) is 14.0. The molecule has 7 nitrogen and oxygen atoms in total. The normalized spacial score (nSPS) is 29.3. The van der Waals surface area contributed by atoms with Crippen LogP contribution in [0.1, 0.15) is 69.8 Å². The molecule has 1 aromatic rings. The highest BCUT2D eigenvalue weighted by molar-refractivity contribution is 8.02. The molecule has 1 aliphatic carbocycles. The number of esters is 1. The van der Waals surface area contributed by atoms with Crippen LogP contribution in [0.15, 0.2) is 55.6 Å². The van der Waals surface area contributed by atoms with Gasteiger partial charge in [0.15, 0.2) is 0 Å². The van der Waals surface area contributed by atoms with Crippen molar-refractivity contribution in [3.8, 4) is 0 Å². The number of allylic oxidation sites excluding steroid dienone is 1. The monoisotopic (exact) mass is 594 g/mol. The van der Waals surface area contributed by atoms with Gasteiger partial charge in [-0.15, -0.1) is 24.9 Å². The van der Waals surface area contributed by atoms with Gasteiger partial charge in [0.25, 0.3) is 0 Å². The van der Waals surface area contributed by atoms with Crippen LogP contribution in [0.4, 0.5) is 0 Å². The number of nitrogens with zero attached hydrogens (tertiary/aromatic N) is 2. The van der Waals surface area contributed by atoms with Crippen molar-refractivity contribution in [1.29, 1.82) is 0 Å². The third-order valence-electron chi connectivity index (χ3n) is 9.83. The lowest BCUT2D eigenvalue weighted by molar-refractivity contribution is -0.154. The molecule has 8 heteroatoms. The first-order valence-electron chi connectivity index (χ1n) is 15.8. The van der Waals surface area contributed by atoms with E-state index in [1.807, 2.05) is 41.3 Å². The lowest BCUT2D eigenvalue weighted by Crippen LogP contribution is -2.59. The second-order valence-electron chi connectivity index (χ2n) is 12.4. The number of hydrogen-bond donors (Lipinski definition) is 1. The number of thioether (sulfide) groups is 1. The summed E-state index contributed by atoms with van der Waals surface area (Å²) in [7, 11) is 0. The standard InChI is InChI=1S/C34H46N2O5S/c1-3-5-6-13-21-41-33(40)28-27-18-19-34(42-27)29(28)31(38)36(26(23-37)22-24-14-9-7-10-15-24)30(34)32(39)35(20-4-2)25-16-11-8-12-17-25/h3-4,7,9-10,14-15,25-30,37H,1-2,5-6,8,11-13,16-23H2/t26-,27+,28-,29+,30?,34?/m1/s1. The maximum Gasteiger partial charge on any atom is 0.310 e. The van der Waals surface area contributed by atoms with Gasteiger partial charge in [-0.2, -0.15) is 0 Å². The number of fused-ring (bicyclic) bond motifs is 1. The number of amides is 2. The van der Waals surface area contributed by atoms with Crippen LogP contribution >= 0.6 is 11.8 Å². The second kappa shape index (κ2) is 13.8. The predicted octanol–water partition coefficient (Wildman–Crippen LogP) is 4.93. The van der Waals surface area contributed by atoms with Gasteiger partial charge in [-0.3, -0.25) is 14.4 Å². The van der Waals surface area contributed by atoms with Crippen molar-refractivity contribution in [1.82, 2.24) is 9.80 Å². The van der Waals surface area contributed by atoms with E-state index in [9.17, 15) is 19.5 Å². The minimum atomic E-state index is -0.738. The lowest BCUT2D eigenvalue weighted by Gasteiger charge is -2.42. The Morgan fingerprint density at radius 2 is 1.88 bits per heavy atom. The largest absolute Gasteiger partial charge is 0.465 e. The van der Waals surface area contributed by atoms with E-state index in [2.05, 4.69) is 13.2 Å². The Kier molecular flexibility index (Phi) is 10.1. The Morgan fingerprint density at radius 3 is 2.57 bits per heavy atom. The zero-order chi connectivity index (χ0) is 29.7. The summed E-state index contributed by atoms with van der Waals surface area (Å²) in [4.78, 5) is 46.6. The summed E-state index contributed by atoms with van der Waals surface area (Å²) >= 11 is 1.66. The molecule has 3 heterocycles. The van der Waals surface area contributed by atoms with Crippen LogP contribution < -0.4 is 0 Å². The van der Waals surface area contributed by atoms with Gasteiger partial charge < -0.3 is 19.6 Å². The molecule has 3 saturated heterocycles. The highest BCUT2D eigenvalue weighted by atomic mass is 32.2. The van der Waals surface area contributed by atoms with Gasteiger partial charge in [0.1, 0.15) is 6.04 Å². The smallest absolute Gasteiger partial charge is 0.310 e. The van der Waals surface area contributed by atoms with Gasteiger partial charge >= 0.3 is 5.97 Å². The number of likely N-dealkylation sites (tertiary alicyclic amines) is 1. The number of rotatable bonds is 14. The first-order chi connectivity index (χ1) is 20.5. The zero-order valence-electron chi connectivity index (χ0n) is 24.7. The average molecular weight is 595 g/mol. The molecule has 6 atom stereocenters. The van der Waals surface area contributed by atoms with Crippen LogP contribution in [0, 0.1) is 11.8 Å². The van der Waals surface area contributed by atoms with Crippen LogP contribution in [-0.2, 0) is 25.5 Å². The molecule has 228 valence electrons. The van der Waals surface area contributed by atoms with Gasteiger partial charge in [-0.1, -0.05) is 61.7 Å². The van der Waals surface area contributed by atoms with Crippen LogP contribution in [-0.4, -0.2) is 80.6 Å². The van der Waals surface area contributed by atoms with Gasteiger partial charge in [0.2, 0.25) is 11.8 Å². The molecule has 0 aromatic heterocycles. The summed E-state index contributed by atoms with van der Waals surface area (Å²) in [5, 5.41) is 10.7. The summed E-state index contributed by atoms with van der Waals surface area (Å²) in [6, 6.07) is 8.60. The van der Waals surface area contributed by atoms with Crippen molar-refractivity contribution >= 4 is 29.5 Å². The highest BCUT2D eigenvalue weighted by Crippen LogP contribution is 2.67. The first kappa shape index (κ1) is 30.9. The number of benzene rings is 1. The Labute approximate surface area is 254 Å². The molecule has 42 heavy (non-hydrogen) atoms. The van der Waals surface area contributed by atoms with Crippen LogP contribution in [0.3, 0.4) is 0 Å². The van der Waals surface area contributed by atoms with Gasteiger partial charge in [-0.25, -0.2) is 0 Å². The summed E-state index contributed by atoms with van der Waals surface area (Å²) < 4.78 is 5.05. The van der Waals surface area contributed by atoms with Crippen LogP contribution in [0.5, 0.6) is 0 Å². The van der Waals surface area contributed by atoms with E-state index in [0.717, 1.165) is 56.9 Å². The van der Waals surface area contributed by atoms with E-state index >= 15 is 0 Å². The van der Waals surface area contributed by atoms with Gasteiger partial charge in [-0.05, 0) is 56.9 Å². The third kappa shape index (κ3) is 5.81. The molecule has 4 aliphatic rings. The molecule has 5 rings (SSSR count). The summed E-state index contributed by atoms with van der Waals surface area (Å²) in [5.41, 5.74) is 0.993. The third-order valence-corrected chi connectivity index (χ3v) is 11.8. The number of aliphatic hydroxyl groups is 1. The van der Waals surface area contributed by atoms with Crippen molar-refractivity contribution in [2.24, 2.45) is 11.8 Å². The number of carbonyl (C=O) groups is 3. The average Bonchev–Trinajstić information content (AvgIpc) is 3.66. The van der Waals surface area contributed by atoms with E-state index in [0.29, 0.717) is 26.0 Å². The molecular formula is C34H46N2O5S. The maximum absolute atomic E-state index is 14.8. The fourth-order valence-electron chi connectivity index (χ4n) is 7.94. The van der Waals surface area contributed by atoms with Crippen LogP contribution in [0.2, 0.25) is 0 Å². The Bertz CT molecular complexity index is 1140. The van der Waals surface area contributed by atoms with Crippen molar-refractivity contribution < 1.29 is 24.2 Å². The summed E-state index contributed by atoms with van der Waals surface area (Å²) in [6.07, 6.45) is 13.3. The lowest BCUT2D eigenvalue weighted by atomic mass is 9.71. The molecule has 1 spiro atoms.